The molecule has 1 aliphatic heterocycles. The van der Waals surface area contributed by atoms with Crippen LogP contribution in [0.2, 0.25) is 0 Å². The van der Waals surface area contributed by atoms with Gasteiger partial charge in [-0.15, -0.1) is 0 Å². The Hall–Kier alpha value is -1.83. The van der Waals surface area contributed by atoms with Gasteiger partial charge >= 0.3 is 0 Å². The van der Waals surface area contributed by atoms with E-state index in [9.17, 15) is 0 Å². The minimum Gasteiger partial charge on any atom is -1.00 e. The Kier molecular flexibility index (Phi) is 8.95. The summed E-state index contributed by atoms with van der Waals surface area (Å²) < 4.78 is 3.79. The van der Waals surface area contributed by atoms with Gasteiger partial charge < -0.3 is 28.9 Å². The molecule has 5 heteroatoms. The summed E-state index contributed by atoms with van der Waals surface area (Å²) in [4.78, 5) is 3.79. The van der Waals surface area contributed by atoms with Gasteiger partial charge in [-0.2, -0.15) is 4.57 Å². The van der Waals surface area contributed by atoms with Gasteiger partial charge in [0.25, 0.3) is 5.01 Å². The molecule has 0 spiro atoms. The van der Waals surface area contributed by atoms with Crippen molar-refractivity contribution in [1.29, 1.82) is 0 Å². The van der Waals surface area contributed by atoms with Crippen LogP contribution in [-0.2, 0) is 6.54 Å². The third kappa shape index (κ3) is 5.32. The molecule has 0 atom stereocenters. The summed E-state index contributed by atoms with van der Waals surface area (Å²) in [6.45, 7) is 8.77. The number of hydrogen-bond acceptors (Lipinski definition) is 3. The Morgan fingerprint density at radius 1 is 0.943 bits per heavy atom. The Balaban J connectivity index is 0.00000289. The number of allylic oxidation sites excluding steroid dienone is 6. The summed E-state index contributed by atoms with van der Waals surface area (Å²) in [6, 6.07) is 17.5. The Bertz CT molecular complexity index is 1330. The zero-order valence-electron chi connectivity index (χ0n) is 20.8. The van der Waals surface area contributed by atoms with Crippen molar-refractivity contribution in [2.24, 2.45) is 0 Å². The standard InChI is InChI=1S/C30H33N2S2.HI/c1-4-24-22(18-20-29-31(5-2)25-14-7-9-16-27(25)33-29)12-11-13-23(24)19-21-30-32(6-3)26-15-8-10-17-28(26)34-30;/h7-10,14-21H,4-6,11-13H2,1-3H3;1H/q+1;/p-1. The number of nitrogens with zero attached hydrogens (tertiary/aromatic N) is 2. The fourth-order valence-electron chi connectivity index (χ4n) is 5.15. The summed E-state index contributed by atoms with van der Waals surface area (Å²) >= 11 is 3.78. The first-order valence-corrected chi connectivity index (χ1v) is 14.1. The van der Waals surface area contributed by atoms with Gasteiger partial charge in [-0.1, -0.05) is 66.4 Å². The highest BCUT2D eigenvalue weighted by Gasteiger charge is 2.23. The molecule has 1 aliphatic carbocycles. The summed E-state index contributed by atoms with van der Waals surface area (Å²) in [5.74, 6) is 0. The van der Waals surface area contributed by atoms with Crippen molar-refractivity contribution < 1.29 is 28.5 Å². The fraction of sp³-hybridized carbons (Fsp3) is 0.300. The highest BCUT2D eigenvalue weighted by Crippen LogP contribution is 2.45. The van der Waals surface area contributed by atoms with Crippen molar-refractivity contribution in [3.05, 3.63) is 93.5 Å². The third-order valence-corrected chi connectivity index (χ3v) is 9.04. The lowest BCUT2D eigenvalue weighted by Gasteiger charge is -2.21. The molecule has 182 valence electrons. The first kappa shape index (κ1) is 26.2. The molecule has 3 aromatic rings. The Morgan fingerprint density at radius 2 is 1.74 bits per heavy atom. The molecule has 0 N–H and O–H groups in total. The van der Waals surface area contributed by atoms with E-state index < -0.39 is 0 Å². The molecule has 2 heterocycles. The maximum Gasteiger partial charge on any atom is 0.262 e. The predicted octanol–water partition coefficient (Wildman–Crippen LogP) is 5.52. The molecular formula is C30H33IN2S2. The molecule has 0 saturated carbocycles. The third-order valence-electron chi connectivity index (χ3n) is 6.78. The number of halogens is 1. The average molecular weight is 613 g/mol. The van der Waals surface area contributed by atoms with Crippen molar-refractivity contribution >= 4 is 45.1 Å². The molecule has 0 radical (unpaired) electrons. The second kappa shape index (κ2) is 11.9. The van der Waals surface area contributed by atoms with Crippen molar-refractivity contribution in [3.63, 3.8) is 0 Å². The van der Waals surface area contributed by atoms with Gasteiger partial charge in [0.05, 0.1) is 10.7 Å². The van der Waals surface area contributed by atoms with Crippen LogP contribution in [0.3, 0.4) is 0 Å². The summed E-state index contributed by atoms with van der Waals surface area (Å²) in [7, 11) is 0. The first-order valence-electron chi connectivity index (χ1n) is 12.5. The summed E-state index contributed by atoms with van der Waals surface area (Å²) in [6.07, 6.45) is 14.1. The number of aryl methyl sites for hydroxylation is 1. The number of rotatable bonds is 6. The number of fused-ring (bicyclic) bond motifs is 2. The van der Waals surface area contributed by atoms with Crippen LogP contribution in [0.4, 0.5) is 5.69 Å². The average Bonchev–Trinajstić information content (AvgIpc) is 3.43. The lowest BCUT2D eigenvalue weighted by Crippen LogP contribution is -3.00. The Labute approximate surface area is 235 Å². The fourth-order valence-corrected chi connectivity index (χ4v) is 7.41. The number of para-hydroxylation sites is 2. The first-order chi connectivity index (χ1) is 16.7. The van der Waals surface area contributed by atoms with Crippen molar-refractivity contribution in [2.75, 3.05) is 11.4 Å². The highest BCUT2D eigenvalue weighted by atomic mass is 127. The van der Waals surface area contributed by atoms with Gasteiger partial charge in [0.15, 0.2) is 0 Å². The quantitative estimate of drug-likeness (QED) is 0.268. The molecule has 5 rings (SSSR count). The lowest BCUT2D eigenvalue weighted by atomic mass is 9.85. The van der Waals surface area contributed by atoms with E-state index >= 15 is 0 Å². The van der Waals surface area contributed by atoms with Crippen LogP contribution in [0.1, 0.15) is 51.5 Å². The summed E-state index contributed by atoms with van der Waals surface area (Å²) in [5.41, 5.74) is 7.23. The predicted molar refractivity (Wildman–Crippen MR) is 149 cm³/mol. The molecule has 2 nitrogen and oxygen atoms in total. The second-order valence-electron chi connectivity index (χ2n) is 8.71. The molecule has 2 aromatic carbocycles. The van der Waals surface area contributed by atoms with E-state index in [1.165, 1.54) is 66.8 Å². The number of thioether (sulfide) groups is 1. The number of benzene rings is 2. The molecule has 0 fully saturated rings. The zero-order valence-corrected chi connectivity index (χ0v) is 24.6. The molecule has 35 heavy (non-hydrogen) atoms. The molecular weight excluding hydrogens is 579 g/mol. The number of aromatic nitrogens is 1. The topological polar surface area (TPSA) is 7.12 Å². The summed E-state index contributed by atoms with van der Waals surface area (Å²) in [5, 5.41) is 2.67. The molecule has 0 saturated heterocycles. The minimum absolute atomic E-state index is 0. The van der Waals surface area contributed by atoms with Gasteiger partial charge in [-0.3, -0.25) is 0 Å². The van der Waals surface area contributed by atoms with E-state index in [4.69, 9.17) is 0 Å². The van der Waals surface area contributed by atoms with E-state index in [0.29, 0.717) is 0 Å². The van der Waals surface area contributed by atoms with E-state index in [0.717, 1.165) is 19.5 Å². The van der Waals surface area contributed by atoms with Gasteiger partial charge in [-0.25, -0.2) is 0 Å². The van der Waals surface area contributed by atoms with Gasteiger partial charge in [0, 0.05) is 23.6 Å². The van der Waals surface area contributed by atoms with Crippen LogP contribution < -0.4 is 33.4 Å². The SMILES string of the molecule is CCC1=C(/C=C/c2sc3ccccc3[n+]2CC)CCC/C1=C\C=C1/Sc2ccccc2N1CC.[I-]. The minimum atomic E-state index is 0. The van der Waals surface area contributed by atoms with Crippen LogP contribution in [0.25, 0.3) is 16.3 Å². The van der Waals surface area contributed by atoms with E-state index in [2.05, 4.69) is 103 Å². The molecule has 2 aliphatic rings. The molecule has 0 amide bonds. The Morgan fingerprint density at radius 3 is 2.54 bits per heavy atom. The zero-order chi connectivity index (χ0) is 23.5. The van der Waals surface area contributed by atoms with Crippen LogP contribution in [0.15, 0.2) is 93.4 Å². The van der Waals surface area contributed by atoms with Crippen LogP contribution in [-0.4, -0.2) is 6.54 Å². The van der Waals surface area contributed by atoms with Crippen molar-refractivity contribution in [3.8, 4) is 0 Å². The van der Waals surface area contributed by atoms with Crippen LogP contribution in [0, 0.1) is 0 Å². The van der Waals surface area contributed by atoms with Crippen LogP contribution >= 0.6 is 23.1 Å². The van der Waals surface area contributed by atoms with E-state index in [-0.39, 0.29) is 24.0 Å². The van der Waals surface area contributed by atoms with Crippen molar-refractivity contribution in [1.82, 2.24) is 0 Å². The van der Waals surface area contributed by atoms with Crippen molar-refractivity contribution in [2.45, 2.75) is 57.9 Å². The largest absolute Gasteiger partial charge is 1.00 e. The second-order valence-corrected chi connectivity index (χ2v) is 10.8. The number of thiazole rings is 1. The van der Waals surface area contributed by atoms with E-state index in [1.807, 2.05) is 23.1 Å². The molecule has 1 aromatic heterocycles. The number of hydrogen-bond donors (Lipinski definition) is 0. The maximum absolute atomic E-state index is 2.43. The molecule has 0 unspecified atom stereocenters. The van der Waals surface area contributed by atoms with Gasteiger partial charge in [0.2, 0.25) is 5.52 Å². The highest BCUT2D eigenvalue weighted by molar-refractivity contribution is 8.03. The monoisotopic (exact) mass is 612 g/mol. The lowest BCUT2D eigenvalue weighted by molar-refractivity contribution is -0.665. The van der Waals surface area contributed by atoms with Gasteiger partial charge in [-0.05, 0) is 80.5 Å². The smallest absolute Gasteiger partial charge is 0.262 e. The van der Waals surface area contributed by atoms with Gasteiger partial charge in [0.1, 0.15) is 11.2 Å². The molecule has 0 bridgehead atoms. The maximum atomic E-state index is 2.43. The normalized spacial score (nSPS) is 18.2. The van der Waals surface area contributed by atoms with E-state index in [1.54, 1.807) is 0 Å². The number of anilines is 1. The van der Waals surface area contributed by atoms with Crippen LogP contribution in [0.5, 0.6) is 0 Å².